The van der Waals surface area contributed by atoms with Crippen LogP contribution in [0.3, 0.4) is 0 Å². The van der Waals surface area contributed by atoms with Crippen LogP contribution in [0.1, 0.15) is 13.8 Å². The summed E-state index contributed by atoms with van der Waals surface area (Å²) >= 11 is 0. The molecular weight excluding hydrogens is 226 g/mol. The molecule has 0 aliphatic heterocycles. The number of aromatic nitrogens is 2. The Balaban J connectivity index is 2.32. The number of anilines is 1. The third kappa shape index (κ3) is 2.97. The average Bonchev–Trinajstić information content (AvgIpc) is 2.38. The first kappa shape index (κ1) is 12.4. The average molecular weight is 243 g/mol. The van der Waals surface area contributed by atoms with E-state index in [1.54, 1.807) is 6.33 Å². The number of nitrogens with zero attached hydrogens (tertiary/aromatic N) is 2. The Labute approximate surface area is 107 Å². The molecule has 0 saturated heterocycles. The van der Waals surface area contributed by atoms with Crippen LogP contribution in [0.25, 0.3) is 11.3 Å². The molecule has 4 nitrogen and oxygen atoms in total. The first-order valence-electron chi connectivity index (χ1n) is 5.96. The first-order valence-corrected chi connectivity index (χ1v) is 5.96. The van der Waals surface area contributed by atoms with E-state index in [-0.39, 0.29) is 6.10 Å². The maximum atomic E-state index is 5.67. The van der Waals surface area contributed by atoms with E-state index in [9.17, 15) is 0 Å². The highest BCUT2D eigenvalue weighted by Crippen LogP contribution is 2.23. The van der Waals surface area contributed by atoms with Crippen molar-refractivity contribution in [1.82, 2.24) is 9.97 Å². The van der Waals surface area contributed by atoms with Crippen LogP contribution in [0.4, 0.5) is 5.82 Å². The smallest absolute Gasteiger partial charge is 0.129 e. The van der Waals surface area contributed by atoms with Crippen molar-refractivity contribution in [1.29, 1.82) is 0 Å². The fourth-order valence-corrected chi connectivity index (χ4v) is 1.65. The summed E-state index contributed by atoms with van der Waals surface area (Å²) in [5.41, 5.74) is 1.90. The molecular formula is C14H17N3O. The van der Waals surface area contributed by atoms with Gasteiger partial charge in [0.15, 0.2) is 0 Å². The minimum atomic E-state index is 0.165. The van der Waals surface area contributed by atoms with Crippen molar-refractivity contribution in [2.24, 2.45) is 0 Å². The molecule has 0 atom stereocenters. The van der Waals surface area contributed by atoms with Gasteiger partial charge < -0.3 is 10.1 Å². The van der Waals surface area contributed by atoms with Gasteiger partial charge in [0, 0.05) is 18.7 Å². The molecule has 1 aromatic heterocycles. The summed E-state index contributed by atoms with van der Waals surface area (Å²) in [6.45, 7) is 4.02. The molecule has 4 heteroatoms. The summed E-state index contributed by atoms with van der Waals surface area (Å²) in [6, 6.07) is 9.82. The quantitative estimate of drug-likeness (QED) is 0.896. The molecule has 0 fully saturated rings. The highest BCUT2D eigenvalue weighted by molar-refractivity contribution is 5.63. The molecule has 0 saturated carbocycles. The fourth-order valence-electron chi connectivity index (χ4n) is 1.65. The van der Waals surface area contributed by atoms with Gasteiger partial charge in [0.05, 0.1) is 11.8 Å². The van der Waals surface area contributed by atoms with Gasteiger partial charge in [-0.25, -0.2) is 9.97 Å². The molecule has 0 bridgehead atoms. The molecule has 18 heavy (non-hydrogen) atoms. The van der Waals surface area contributed by atoms with E-state index < -0.39 is 0 Å². The van der Waals surface area contributed by atoms with Crippen LogP contribution in [0.5, 0.6) is 5.75 Å². The lowest BCUT2D eigenvalue weighted by Crippen LogP contribution is -2.05. The summed E-state index contributed by atoms with van der Waals surface area (Å²) in [6.07, 6.45) is 1.72. The number of hydrogen-bond donors (Lipinski definition) is 1. The largest absolute Gasteiger partial charge is 0.491 e. The van der Waals surface area contributed by atoms with E-state index in [2.05, 4.69) is 15.3 Å². The van der Waals surface area contributed by atoms with Crippen LogP contribution in [0.2, 0.25) is 0 Å². The fraction of sp³-hybridized carbons (Fsp3) is 0.286. The lowest BCUT2D eigenvalue weighted by atomic mass is 10.1. The Morgan fingerprint density at radius 2 is 2.00 bits per heavy atom. The summed E-state index contributed by atoms with van der Waals surface area (Å²) in [4.78, 5) is 8.37. The van der Waals surface area contributed by atoms with Crippen LogP contribution in [-0.4, -0.2) is 23.1 Å². The minimum absolute atomic E-state index is 0.165. The van der Waals surface area contributed by atoms with E-state index in [1.807, 2.05) is 51.2 Å². The van der Waals surface area contributed by atoms with Gasteiger partial charge in [-0.3, -0.25) is 0 Å². The third-order valence-corrected chi connectivity index (χ3v) is 2.42. The Hall–Kier alpha value is -2.10. The van der Waals surface area contributed by atoms with Gasteiger partial charge in [0.1, 0.15) is 17.9 Å². The van der Waals surface area contributed by atoms with Gasteiger partial charge in [-0.1, -0.05) is 12.1 Å². The van der Waals surface area contributed by atoms with E-state index in [0.29, 0.717) is 0 Å². The zero-order valence-electron chi connectivity index (χ0n) is 10.8. The van der Waals surface area contributed by atoms with Crippen molar-refractivity contribution in [2.75, 3.05) is 12.4 Å². The molecule has 0 aliphatic rings. The number of ether oxygens (including phenoxy) is 1. The summed E-state index contributed by atoms with van der Waals surface area (Å²) in [5, 5.41) is 3.00. The zero-order valence-corrected chi connectivity index (χ0v) is 10.8. The van der Waals surface area contributed by atoms with Crippen molar-refractivity contribution >= 4 is 5.82 Å². The number of hydrogen-bond acceptors (Lipinski definition) is 4. The predicted molar refractivity (Wildman–Crippen MR) is 72.8 cm³/mol. The molecule has 2 rings (SSSR count). The Morgan fingerprint density at radius 3 is 2.72 bits per heavy atom. The number of rotatable bonds is 4. The first-order chi connectivity index (χ1) is 8.69. The number of benzene rings is 1. The Bertz CT molecular complexity index is 526. The van der Waals surface area contributed by atoms with Crippen LogP contribution in [0.15, 0.2) is 36.7 Å². The molecule has 1 heterocycles. The number of nitrogens with one attached hydrogen (secondary N) is 1. The maximum absolute atomic E-state index is 5.67. The van der Waals surface area contributed by atoms with Gasteiger partial charge >= 0.3 is 0 Å². The maximum Gasteiger partial charge on any atom is 0.129 e. The van der Waals surface area contributed by atoms with Crippen LogP contribution in [0, 0.1) is 0 Å². The van der Waals surface area contributed by atoms with E-state index in [4.69, 9.17) is 4.74 Å². The molecule has 0 unspecified atom stereocenters. The topological polar surface area (TPSA) is 47.0 Å². The Kier molecular flexibility index (Phi) is 3.77. The van der Waals surface area contributed by atoms with Crippen LogP contribution in [-0.2, 0) is 0 Å². The second-order valence-electron chi connectivity index (χ2n) is 4.23. The second kappa shape index (κ2) is 5.49. The van der Waals surface area contributed by atoms with Gasteiger partial charge in [-0.05, 0) is 26.0 Å². The van der Waals surface area contributed by atoms with Crippen molar-refractivity contribution in [2.45, 2.75) is 20.0 Å². The highest BCUT2D eigenvalue weighted by atomic mass is 16.5. The van der Waals surface area contributed by atoms with E-state index in [0.717, 1.165) is 22.8 Å². The van der Waals surface area contributed by atoms with Gasteiger partial charge in [-0.2, -0.15) is 0 Å². The van der Waals surface area contributed by atoms with Crippen molar-refractivity contribution in [3.63, 3.8) is 0 Å². The standard InChI is InChI=1S/C14H17N3O/c1-10(2)18-12-6-4-5-11(7-12)13-8-14(15-3)17-9-16-13/h4-10H,1-3H3,(H,15,16,17). The molecule has 1 aromatic carbocycles. The second-order valence-corrected chi connectivity index (χ2v) is 4.23. The van der Waals surface area contributed by atoms with Gasteiger partial charge in [-0.15, -0.1) is 0 Å². The van der Waals surface area contributed by atoms with Crippen molar-refractivity contribution < 1.29 is 4.74 Å². The lowest BCUT2D eigenvalue weighted by Gasteiger charge is -2.10. The van der Waals surface area contributed by atoms with Crippen LogP contribution >= 0.6 is 0 Å². The van der Waals surface area contributed by atoms with Crippen molar-refractivity contribution in [3.05, 3.63) is 36.7 Å². The third-order valence-electron chi connectivity index (χ3n) is 2.42. The molecule has 0 aliphatic carbocycles. The molecule has 1 N–H and O–H groups in total. The monoisotopic (exact) mass is 243 g/mol. The lowest BCUT2D eigenvalue weighted by molar-refractivity contribution is 0.242. The Morgan fingerprint density at radius 1 is 1.17 bits per heavy atom. The van der Waals surface area contributed by atoms with E-state index in [1.165, 1.54) is 0 Å². The summed E-state index contributed by atoms with van der Waals surface area (Å²) in [7, 11) is 1.84. The van der Waals surface area contributed by atoms with Gasteiger partial charge in [0.2, 0.25) is 0 Å². The molecule has 0 amide bonds. The van der Waals surface area contributed by atoms with E-state index >= 15 is 0 Å². The minimum Gasteiger partial charge on any atom is -0.491 e. The predicted octanol–water partition coefficient (Wildman–Crippen LogP) is 2.97. The summed E-state index contributed by atoms with van der Waals surface area (Å²) < 4.78 is 5.67. The molecule has 0 spiro atoms. The van der Waals surface area contributed by atoms with Crippen LogP contribution < -0.4 is 10.1 Å². The zero-order chi connectivity index (χ0) is 13.0. The van der Waals surface area contributed by atoms with Crippen molar-refractivity contribution in [3.8, 4) is 17.0 Å². The van der Waals surface area contributed by atoms with Gasteiger partial charge in [0.25, 0.3) is 0 Å². The molecule has 0 radical (unpaired) electrons. The molecule has 2 aromatic rings. The SMILES string of the molecule is CNc1cc(-c2cccc(OC(C)C)c2)ncn1. The normalized spacial score (nSPS) is 10.4. The highest BCUT2D eigenvalue weighted by Gasteiger charge is 2.04. The summed E-state index contributed by atoms with van der Waals surface area (Å²) in [5.74, 6) is 1.65. The molecule has 94 valence electrons.